The smallest absolute Gasteiger partial charge is 0.312 e. The van der Waals surface area contributed by atoms with Gasteiger partial charge in [0.15, 0.2) is 18.9 Å². The Morgan fingerprint density at radius 1 is 0.714 bits per heavy atom. The van der Waals surface area contributed by atoms with Gasteiger partial charge in [0.05, 0.1) is 38.1 Å². The van der Waals surface area contributed by atoms with Gasteiger partial charge in [-0.2, -0.15) is 0 Å². The fourth-order valence-electron chi connectivity index (χ4n) is 14.7. The molecule has 0 unspecified atom stereocenters. The summed E-state index contributed by atoms with van der Waals surface area (Å²) in [6.45, 7) is 14.0. The van der Waals surface area contributed by atoms with Crippen LogP contribution in [0.1, 0.15) is 106 Å². The molecule has 8 aliphatic rings. The van der Waals surface area contributed by atoms with Gasteiger partial charge < -0.3 is 79.5 Å². The summed E-state index contributed by atoms with van der Waals surface area (Å²) in [5.41, 5.74) is -1.76. The van der Waals surface area contributed by atoms with Gasteiger partial charge in [-0.25, -0.2) is 0 Å². The number of ether oxygens (including phenoxy) is 6. The second-order valence-electron chi connectivity index (χ2n) is 22.5. The second kappa shape index (κ2) is 16.7. The maximum absolute atomic E-state index is 13.2. The van der Waals surface area contributed by atoms with Gasteiger partial charge in [0.2, 0.25) is 0 Å². The molecule has 360 valence electrons. The number of carbonyl (C=O) groups is 1. The Morgan fingerprint density at radius 3 is 2.03 bits per heavy atom. The number of allylic oxidation sites excluding steroid dienone is 2. The maximum Gasteiger partial charge on any atom is 0.312 e. The Hall–Kier alpha value is -1.39. The molecule has 63 heavy (non-hydrogen) atoms. The van der Waals surface area contributed by atoms with E-state index >= 15 is 0 Å². The number of aliphatic hydroxyl groups is 9. The van der Waals surface area contributed by atoms with Crippen LogP contribution in [0.5, 0.6) is 0 Å². The molecule has 0 amide bonds. The zero-order chi connectivity index (χ0) is 46.0. The Labute approximate surface area is 369 Å². The van der Waals surface area contributed by atoms with Gasteiger partial charge in [-0.05, 0) is 104 Å². The summed E-state index contributed by atoms with van der Waals surface area (Å²) in [6.07, 6.45) is -12.5. The number of carboxylic acid groups (broad SMARTS) is 1. The van der Waals surface area contributed by atoms with Crippen LogP contribution in [0.4, 0.5) is 0 Å². The van der Waals surface area contributed by atoms with E-state index in [-0.39, 0.29) is 59.2 Å². The van der Waals surface area contributed by atoms with Crippen molar-refractivity contribution in [2.75, 3.05) is 19.8 Å². The van der Waals surface area contributed by atoms with Crippen molar-refractivity contribution in [1.29, 1.82) is 0 Å². The highest BCUT2D eigenvalue weighted by Crippen LogP contribution is 2.76. The molecule has 7 fully saturated rings. The van der Waals surface area contributed by atoms with Gasteiger partial charge in [0.25, 0.3) is 0 Å². The van der Waals surface area contributed by atoms with E-state index < -0.39 is 109 Å². The van der Waals surface area contributed by atoms with Crippen LogP contribution < -0.4 is 0 Å². The van der Waals surface area contributed by atoms with Crippen molar-refractivity contribution in [3.05, 3.63) is 11.6 Å². The molecule has 4 saturated carbocycles. The quantitative estimate of drug-likeness (QED) is 0.120. The van der Waals surface area contributed by atoms with Crippen molar-refractivity contribution >= 4 is 5.97 Å². The summed E-state index contributed by atoms with van der Waals surface area (Å²) < 4.78 is 36.0. The van der Waals surface area contributed by atoms with Crippen LogP contribution >= 0.6 is 0 Å². The van der Waals surface area contributed by atoms with Crippen molar-refractivity contribution < 1.29 is 84.3 Å². The molecule has 3 aliphatic heterocycles. The molecule has 0 aromatic heterocycles. The summed E-state index contributed by atoms with van der Waals surface area (Å²) in [7, 11) is 0. The van der Waals surface area contributed by atoms with E-state index in [4.69, 9.17) is 28.4 Å². The third-order valence-electron chi connectivity index (χ3n) is 18.7. The third-order valence-corrected chi connectivity index (χ3v) is 18.7. The van der Waals surface area contributed by atoms with Crippen LogP contribution in [0.2, 0.25) is 0 Å². The largest absolute Gasteiger partial charge is 0.481 e. The summed E-state index contributed by atoms with van der Waals surface area (Å²) in [6, 6.07) is 0. The van der Waals surface area contributed by atoms with Crippen LogP contribution in [-0.4, -0.2) is 169 Å². The monoisotopic (exact) mass is 898 g/mol. The molecule has 3 heterocycles. The molecule has 5 aliphatic carbocycles. The number of rotatable bonds is 8. The van der Waals surface area contributed by atoms with Crippen molar-refractivity contribution in [3.63, 3.8) is 0 Å². The molecule has 0 aromatic rings. The van der Waals surface area contributed by atoms with E-state index in [1.807, 2.05) is 6.92 Å². The molecule has 0 aromatic carbocycles. The normalized spacial score (nSPS) is 55.7. The Kier molecular flexibility index (Phi) is 12.7. The molecule has 10 N–H and O–H groups in total. The minimum atomic E-state index is -1.75. The predicted molar refractivity (Wildman–Crippen MR) is 220 cm³/mol. The number of fused-ring (bicyclic) bond motifs is 7. The minimum absolute atomic E-state index is 0.0123. The summed E-state index contributed by atoms with van der Waals surface area (Å²) in [4.78, 5) is 13.2. The Bertz CT molecular complexity index is 1730. The molecule has 0 spiro atoms. The van der Waals surface area contributed by atoms with E-state index in [1.54, 1.807) is 0 Å². The zero-order valence-corrected chi connectivity index (χ0v) is 37.8. The molecule has 0 bridgehead atoms. The molecular formula is C46H74O17. The fourth-order valence-corrected chi connectivity index (χ4v) is 14.7. The third kappa shape index (κ3) is 7.32. The SMILES string of the molecule is C[C@@H]1O[C@@H](O[C@H]2[C@H](O[C@H]3CC[C@@]4(C)[C@@H](CC[C@]5(C)[C@@H]4CC=C4[C@@H]6CC(C)(C)C[C@H](O)[C@]6(C(=O)O)CC[C@]45C)[C@]3(C)CO)OC[C@H](O)[C@@H]2O)[C@H](O)[C@H](O[C@@H]2OC[C@@H](O)[C@H](O)[C@H]2O)[C@H]1O. The Balaban J connectivity index is 1.02. The topological polar surface area (TPSA) is 275 Å². The molecule has 23 atom stereocenters. The lowest BCUT2D eigenvalue weighted by Gasteiger charge is -2.71. The molecule has 0 radical (unpaired) electrons. The second-order valence-corrected chi connectivity index (χ2v) is 22.5. The van der Waals surface area contributed by atoms with Crippen LogP contribution in [0.3, 0.4) is 0 Å². The fraction of sp³-hybridized carbons (Fsp3) is 0.935. The first kappa shape index (κ1) is 48.1. The standard InChI is InChI=1S/C46H74O17/c1-21-30(51)35(62-37-33(54)31(52)24(48)18-58-37)34(55)38(60-21)63-36-32(53)25(49)19-59-39(36)61-29-11-12-42(4)26(43(29,5)20-47)10-13-45(7)27(42)9-8-22-23-16-41(2,3)17-28(50)46(23,40(56)57)15-14-44(22,45)6/h8,21,23-39,47-55H,9-20H2,1-7H3,(H,56,57)/t21-,23-,24+,25-,26+,27+,28-,29-,30-,31-,32-,33+,34+,35+,36+,37-,38-,39-,42-,43-,44+,45+,46-/m0/s1. The maximum atomic E-state index is 13.2. The van der Waals surface area contributed by atoms with E-state index in [0.717, 1.165) is 25.7 Å². The molecule has 8 rings (SSSR count). The van der Waals surface area contributed by atoms with E-state index in [1.165, 1.54) is 12.5 Å². The molecule has 17 nitrogen and oxygen atoms in total. The summed E-state index contributed by atoms with van der Waals surface area (Å²) in [5, 5.41) is 109. The van der Waals surface area contributed by atoms with Crippen LogP contribution in [0.25, 0.3) is 0 Å². The summed E-state index contributed by atoms with van der Waals surface area (Å²) in [5.74, 6) is -0.982. The van der Waals surface area contributed by atoms with Gasteiger partial charge in [0, 0.05) is 5.41 Å². The number of carboxylic acids is 1. The van der Waals surface area contributed by atoms with Crippen molar-refractivity contribution in [2.45, 2.75) is 198 Å². The number of hydrogen-bond donors (Lipinski definition) is 10. The number of hydrogen-bond acceptors (Lipinski definition) is 16. The summed E-state index contributed by atoms with van der Waals surface area (Å²) >= 11 is 0. The minimum Gasteiger partial charge on any atom is -0.481 e. The lowest BCUT2D eigenvalue weighted by atomic mass is 9.33. The number of aliphatic hydroxyl groups excluding tert-OH is 9. The van der Waals surface area contributed by atoms with E-state index in [9.17, 15) is 55.9 Å². The first-order valence-corrected chi connectivity index (χ1v) is 23.2. The van der Waals surface area contributed by atoms with Gasteiger partial charge in [-0.3, -0.25) is 4.79 Å². The lowest BCUT2D eigenvalue weighted by Crippen LogP contribution is -2.68. The van der Waals surface area contributed by atoms with Crippen molar-refractivity contribution in [1.82, 2.24) is 0 Å². The first-order valence-electron chi connectivity index (χ1n) is 23.2. The highest BCUT2D eigenvalue weighted by atomic mass is 16.8. The first-order chi connectivity index (χ1) is 29.4. The molecule has 3 saturated heterocycles. The van der Waals surface area contributed by atoms with Gasteiger partial charge in [-0.15, -0.1) is 0 Å². The van der Waals surface area contributed by atoms with Gasteiger partial charge in [-0.1, -0.05) is 53.2 Å². The average molecular weight is 899 g/mol. The van der Waals surface area contributed by atoms with E-state index in [0.29, 0.717) is 32.1 Å². The average Bonchev–Trinajstić information content (AvgIpc) is 3.21. The van der Waals surface area contributed by atoms with Crippen LogP contribution in [0.15, 0.2) is 11.6 Å². The zero-order valence-electron chi connectivity index (χ0n) is 37.8. The molecular weight excluding hydrogens is 824 g/mol. The lowest BCUT2D eigenvalue weighted by molar-refractivity contribution is -0.379. The highest BCUT2D eigenvalue weighted by molar-refractivity contribution is 5.77. The van der Waals surface area contributed by atoms with Crippen molar-refractivity contribution in [2.24, 2.45) is 50.2 Å². The predicted octanol–water partition coefficient (Wildman–Crippen LogP) is 0.955. The van der Waals surface area contributed by atoms with Gasteiger partial charge in [0.1, 0.15) is 60.4 Å². The van der Waals surface area contributed by atoms with Crippen LogP contribution in [0, 0.1) is 50.2 Å². The molecule has 17 heteroatoms. The Morgan fingerprint density at radius 2 is 1.37 bits per heavy atom. The number of aliphatic carboxylic acids is 1. The van der Waals surface area contributed by atoms with E-state index in [2.05, 4.69) is 40.7 Å². The highest BCUT2D eigenvalue weighted by Gasteiger charge is 2.71. The van der Waals surface area contributed by atoms with Crippen LogP contribution in [-0.2, 0) is 33.2 Å². The van der Waals surface area contributed by atoms with Gasteiger partial charge >= 0.3 is 5.97 Å². The van der Waals surface area contributed by atoms with Crippen molar-refractivity contribution in [3.8, 4) is 0 Å².